The first-order valence-electron chi connectivity index (χ1n) is 12.4. The molecule has 2 N–H and O–H groups in total. The van der Waals surface area contributed by atoms with Crippen molar-refractivity contribution in [1.82, 2.24) is 5.32 Å². The molecule has 0 radical (unpaired) electrons. The van der Waals surface area contributed by atoms with Gasteiger partial charge in [-0.15, -0.1) is 0 Å². The molecule has 0 saturated heterocycles. The van der Waals surface area contributed by atoms with Crippen LogP contribution in [0.4, 0.5) is 24.5 Å². The predicted molar refractivity (Wildman–Crippen MR) is 138 cm³/mol. The maximum Gasteiger partial charge on any atom is 0.416 e. The minimum absolute atomic E-state index is 0.0555. The number of benzene rings is 2. The largest absolute Gasteiger partial charge is 0.454 e. The van der Waals surface area contributed by atoms with Gasteiger partial charge in [0.1, 0.15) is 18.1 Å². The highest BCUT2D eigenvalue weighted by Gasteiger charge is 2.32. The Hall–Kier alpha value is -3.61. The summed E-state index contributed by atoms with van der Waals surface area (Å²) in [6.45, 7) is -0.489. The summed E-state index contributed by atoms with van der Waals surface area (Å²) in [5.41, 5.74) is -0.775. The summed E-state index contributed by atoms with van der Waals surface area (Å²) in [7, 11) is -2.00. The van der Waals surface area contributed by atoms with E-state index in [0.29, 0.717) is 17.2 Å². The molecule has 1 aliphatic carbocycles. The first kappa shape index (κ1) is 28.4. The molecule has 39 heavy (non-hydrogen) atoms. The van der Waals surface area contributed by atoms with Crippen molar-refractivity contribution in [3.63, 3.8) is 0 Å². The SMILES string of the molecule is O=C(CS(=O)CC(=O)N(CC(=O)NC1CCCCC1)c1cccc(C(F)(F)F)c1)Nc1ccc2c(c1)OCO2. The zero-order valence-electron chi connectivity index (χ0n) is 20.9. The Bertz CT molecular complexity index is 1250. The molecule has 9 nitrogen and oxygen atoms in total. The van der Waals surface area contributed by atoms with E-state index in [1.54, 1.807) is 12.1 Å². The third-order valence-corrected chi connectivity index (χ3v) is 7.44. The van der Waals surface area contributed by atoms with Crippen molar-refractivity contribution in [2.75, 3.05) is 35.1 Å². The Morgan fingerprint density at radius 2 is 1.69 bits per heavy atom. The van der Waals surface area contributed by atoms with Crippen molar-refractivity contribution in [2.24, 2.45) is 0 Å². The summed E-state index contributed by atoms with van der Waals surface area (Å²) in [6, 6.07) is 8.66. The molecule has 1 saturated carbocycles. The minimum atomic E-state index is -4.66. The zero-order valence-corrected chi connectivity index (χ0v) is 21.7. The number of nitrogens with one attached hydrogen (secondary N) is 2. The molecule has 1 atom stereocenters. The van der Waals surface area contributed by atoms with E-state index in [9.17, 15) is 31.8 Å². The smallest absolute Gasteiger partial charge is 0.416 e. The number of carbonyl (C=O) groups excluding carboxylic acids is 3. The highest BCUT2D eigenvalue weighted by molar-refractivity contribution is 7.86. The number of nitrogens with zero attached hydrogens (tertiary/aromatic N) is 1. The molecule has 4 rings (SSSR count). The molecule has 13 heteroatoms. The molecule has 0 aromatic heterocycles. The van der Waals surface area contributed by atoms with Crippen LogP contribution in [0, 0.1) is 0 Å². The number of amides is 3. The van der Waals surface area contributed by atoms with E-state index < -0.39 is 58.3 Å². The van der Waals surface area contributed by atoms with E-state index >= 15 is 0 Å². The number of anilines is 2. The number of rotatable bonds is 9. The lowest BCUT2D eigenvalue weighted by Gasteiger charge is -2.26. The third kappa shape index (κ3) is 7.94. The second-order valence-corrected chi connectivity index (χ2v) is 10.7. The number of ether oxygens (including phenoxy) is 2. The van der Waals surface area contributed by atoms with Gasteiger partial charge in [-0.25, -0.2) is 0 Å². The van der Waals surface area contributed by atoms with Gasteiger partial charge < -0.3 is 25.0 Å². The van der Waals surface area contributed by atoms with Crippen LogP contribution in [-0.4, -0.2) is 52.8 Å². The van der Waals surface area contributed by atoms with Gasteiger partial charge in [-0.3, -0.25) is 18.6 Å². The highest BCUT2D eigenvalue weighted by atomic mass is 32.2. The fourth-order valence-corrected chi connectivity index (χ4v) is 5.32. The molecule has 1 heterocycles. The van der Waals surface area contributed by atoms with Crippen LogP contribution >= 0.6 is 0 Å². The van der Waals surface area contributed by atoms with Gasteiger partial charge in [-0.05, 0) is 43.2 Å². The van der Waals surface area contributed by atoms with Crippen LogP contribution < -0.4 is 25.0 Å². The van der Waals surface area contributed by atoms with Gasteiger partial charge in [-0.1, -0.05) is 25.3 Å². The van der Waals surface area contributed by atoms with Crippen molar-refractivity contribution < 1.29 is 41.2 Å². The summed E-state index contributed by atoms with van der Waals surface area (Å²) < 4.78 is 63.1. The van der Waals surface area contributed by atoms with E-state index in [1.807, 2.05) is 0 Å². The standard InChI is InChI=1S/C26H28F3N3O6S/c27-26(28,29)17-5-4-8-20(11-17)32(13-23(33)30-18-6-2-1-3-7-18)25(35)15-39(36)14-24(34)31-19-9-10-21-22(12-19)38-16-37-21/h4-5,8-12,18H,1-3,6-7,13-16H2,(H,30,33)(H,31,34). The van der Waals surface area contributed by atoms with Crippen molar-refractivity contribution in [3.05, 3.63) is 48.0 Å². The van der Waals surface area contributed by atoms with Gasteiger partial charge in [-0.2, -0.15) is 13.2 Å². The van der Waals surface area contributed by atoms with E-state index in [2.05, 4.69) is 10.6 Å². The van der Waals surface area contributed by atoms with E-state index in [1.165, 1.54) is 12.1 Å². The Labute approximate surface area is 225 Å². The maximum atomic E-state index is 13.3. The number of fused-ring (bicyclic) bond motifs is 1. The molecule has 1 fully saturated rings. The Morgan fingerprint density at radius 1 is 0.949 bits per heavy atom. The van der Waals surface area contributed by atoms with Crippen LogP contribution in [0.2, 0.25) is 0 Å². The van der Waals surface area contributed by atoms with Crippen molar-refractivity contribution >= 4 is 39.9 Å². The maximum absolute atomic E-state index is 13.3. The molecular formula is C26H28F3N3O6S. The molecule has 2 aromatic rings. The van der Waals surface area contributed by atoms with Gasteiger partial charge in [0.25, 0.3) is 0 Å². The number of hydrogen-bond acceptors (Lipinski definition) is 6. The van der Waals surface area contributed by atoms with Gasteiger partial charge in [0, 0.05) is 34.3 Å². The fourth-order valence-electron chi connectivity index (χ4n) is 4.42. The third-order valence-electron chi connectivity index (χ3n) is 6.29. The fraction of sp³-hybridized carbons (Fsp3) is 0.423. The second kappa shape index (κ2) is 12.5. The lowest BCUT2D eigenvalue weighted by molar-refractivity contribution is -0.137. The lowest BCUT2D eigenvalue weighted by atomic mass is 9.95. The molecule has 210 valence electrons. The molecule has 2 aromatic carbocycles. The quantitative estimate of drug-likeness (QED) is 0.479. The second-order valence-electron chi connectivity index (χ2n) is 9.28. The van der Waals surface area contributed by atoms with Crippen molar-refractivity contribution in [1.29, 1.82) is 0 Å². The van der Waals surface area contributed by atoms with Crippen molar-refractivity contribution in [2.45, 2.75) is 44.3 Å². The molecule has 3 amide bonds. The van der Waals surface area contributed by atoms with Crippen LogP contribution in [0.1, 0.15) is 37.7 Å². The van der Waals surface area contributed by atoms with Crippen LogP contribution in [0.15, 0.2) is 42.5 Å². The summed E-state index contributed by atoms with van der Waals surface area (Å²) in [5, 5.41) is 5.39. The number of carbonyl (C=O) groups is 3. The average molecular weight is 568 g/mol. The summed E-state index contributed by atoms with van der Waals surface area (Å²) in [5.74, 6) is -2.26. The first-order chi connectivity index (χ1) is 18.6. The normalized spacial score (nSPS) is 15.9. The van der Waals surface area contributed by atoms with Crippen LogP contribution in [0.3, 0.4) is 0 Å². The van der Waals surface area contributed by atoms with Gasteiger partial charge in [0.2, 0.25) is 24.5 Å². The van der Waals surface area contributed by atoms with E-state index in [-0.39, 0.29) is 18.5 Å². The summed E-state index contributed by atoms with van der Waals surface area (Å²) in [4.78, 5) is 39.1. The highest BCUT2D eigenvalue weighted by Crippen LogP contribution is 2.34. The van der Waals surface area contributed by atoms with Gasteiger partial charge in [0.15, 0.2) is 11.5 Å². The van der Waals surface area contributed by atoms with Gasteiger partial charge in [0.05, 0.1) is 5.56 Å². The Morgan fingerprint density at radius 3 is 2.44 bits per heavy atom. The molecule has 2 aliphatic rings. The first-order valence-corrected chi connectivity index (χ1v) is 13.9. The lowest BCUT2D eigenvalue weighted by Crippen LogP contribution is -2.46. The minimum Gasteiger partial charge on any atom is -0.454 e. The monoisotopic (exact) mass is 567 g/mol. The number of alkyl halides is 3. The molecule has 1 aliphatic heterocycles. The Kier molecular flexibility index (Phi) is 9.10. The zero-order chi connectivity index (χ0) is 28.0. The molecule has 0 bridgehead atoms. The predicted octanol–water partition coefficient (Wildman–Crippen LogP) is 3.60. The van der Waals surface area contributed by atoms with Crippen LogP contribution in [-0.2, 0) is 31.4 Å². The van der Waals surface area contributed by atoms with Gasteiger partial charge >= 0.3 is 6.18 Å². The topological polar surface area (TPSA) is 114 Å². The van der Waals surface area contributed by atoms with E-state index in [4.69, 9.17) is 9.47 Å². The summed E-state index contributed by atoms with van der Waals surface area (Å²) >= 11 is 0. The van der Waals surface area contributed by atoms with Crippen molar-refractivity contribution in [3.8, 4) is 11.5 Å². The number of halogens is 3. The Balaban J connectivity index is 1.42. The average Bonchev–Trinajstić information content (AvgIpc) is 3.35. The van der Waals surface area contributed by atoms with E-state index in [0.717, 1.165) is 55.2 Å². The number of hydrogen-bond donors (Lipinski definition) is 2. The van der Waals surface area contributed by atoms with Crippen LogP contribution in [0.5, 0.6) is 11.5 Å². The summed E-state index contributed by atoms with van der Waals surface area (Å²) in [6.07, 6.45) is -0.124. The molecular weight excluding hydrogens is 539 g/mol. The molecule has 1 unspecified atom stereocenters. The van der Waals surface area contributed by atoms with Crippen LogP contribution in [0.25, 0.3) is 0 Å². The molecule has 0 spiro atoms.